The maximum atomic E-state index is 13.7. The molecule has 1 saturated carbocycles. The number of carbonyl (C=O) groups excluding carboxylic acids is 1. The first kappa shape index (κ1) is 19.2. The minimum absolute atomic E-state index is 0.0171. The summed E-state index contributed by atoms with van der Waals surface area (Å²) in [6, 6.07) is 10.2. The lowest BCUT2D eigenvalue weighted by Gasteiger charge is -2.27. The lowest BCUT2D eigenvalue weighted by molar-refractivity contribution is -0.121. The summed E-state index contributed by atoms with van der Waals surface area (Å²) in [5.74, 6) is -1.77. The van der Waals surface area contributed by atoms with Gasteiger partial charge in [0.25, 0.3) is 5.56 Å². The van der Waals surface area contributed by atoms with Crippen molar-refractivity contribution in [2.45, 2.75) is 32.2 Å². The molecule has 0 aliphatic heterocycles. The van der Waals surface area contributed by atoms with E-state index in [1.165, 1.54) is 10.7 Å². The molecule has 1 N–H and O–H groups in total. The monoisotopic (exact) mass is 398 g/mol. The zero-order valence-electron chi connectivity index (χ0n) is 15.6. The second-order valence-corrected chi connectivity index (χ2v) is 7.42. The van der Waals surface area contributed by atoms with E-state index in [-0.39, 0.29) is 29.0 Å². The predicted molar refractivity (Wildman–Crippen MR) is 104 cm³/mol. The molecule has 2 aromatic carbocycles. The number of hydrogen-bond donors (Lipinski definition) is 1. The molecule has 1 amide bonds. The second kappa shape index (κ2) is 8.06. The summed E-state index contributed by atoms with van der Waals surface area (Å²) in [6.07, 6.45) is 2.78. The van der Waals surface area contributed by atoms with Crippen molar-refractivity contribution in [2.24, 2.45) is 11.8 Å². The van der Waals surface area contributed by atoms with Gasteiger partial charge in [-0.05, 0) is 55.9 Å². The number of fused-ring (bicyclic) bond motifs is 1. The summed E-state index contributed by atoms with van der Waals surface area (Å²) in [6.45, 7) is 0.456. The molecular weight excluding hydrogens is 378 g/mol. The Hall–Kier alpha value is -3.16. The van der Waals surface area contributed by atoms with Crippen LogP contribution in [0.15, 0.2) is 47.3 Å². The highest BCUT2D eigenvalue weighted by Crippen LogP contribution is 2.30. The highest BCUT2D eigenvalue weighted by Gasteiger charge is 2.27. The molecule has 29 heavy (non-hydrogen) atoms. The van der Waals surface area contributed by atoms with Gasteiger partial charge in [-0.2, -0.15) is 0 Å². The third-order valence-electron chi connectivity index (χ3n) is 5.47. The summed E-state index contributed by atoms with van der Waals surface area (Å²) < 4.78 is 28.1. The average molecular weight is 398 g/mol. The van der Waals surface area contributed by atoms with E-state index in [4.69, 9.17) is 0 Å². The summed E-state index contributed by atoms with van der Waals surface area (Å²) in [4.78, 5) is 25.0. The normalized spacial score (nSPS) is 19.2. The first-order valence-corrected chi connectivity index (χ1v) is 9.59. The molecule has 6 nitrogen and oxygen atoms in total. The van der Waals surface area contributed by atoms with E-state index < -0.39 is 11.6 Å². The quantitative estimate of drug-likeness (QED) is 0.730. The first-order valence-electron chi connectivity index (χ1n) is 9.59. The Bertz CT molecular complexity index is 1110. The Morgan fingerprint density at radius 1 is 1.10 bits per heavy atom. The van der Waals surface area contributed by atoms with E-state index in [2.05, 4.69) is 15.6 Å². The van der Waals surface area contributed by atoms with Crippen molar-refractivity contribution in [1.82, 2.24) is 15.0 Å². The van der Waals surface area contributed by atoms with Gasteiger partial charge in [0.05, 0.1) is 11.1 Å². The van der Waals surface area contributed by atoms with Crippen molar-refractivity contribution >= 4 is 22.5 Å². The maximum Gasteiger partial charge on any atom is 0.277 e. The smallest absolute Gasteiger partial charge is 0.277 e. The molecule has 1 fully saturated rings. The van der Waals surface area contributed by atoms with E-state index in [9.17, 15) is 18.4 Å². The Labute approximate surface area is 165 Å². The van der Waals surface area contributed by atoms with Gasteiger partial charge in [-0.15, -0.1) is 5.10 Å². The number of amides is 1. The molecule has 150 valence electrons. The van der Waals surface area contributed by atoms with Crippen LogP contribution >= 0.6 is 0 Å². The molecule has 4 rings (SSSR count). The zero-order chi connectivity index (χ0) is 20.4. The highest BCUT2D eigenvalue weighted by atomic mass is 19.1. The van der Waals surface area contributed by atoms with Crippen LogP contribution in [-0.4, -0.2) is 20.9 Å². The molecule has 0 bridgehead atoms. The standard InChI is InChI=1S/C21H20F2N4O2/c22-15-9-10-19(17(23)11-15)24-20(28)14-7-5-13(6-8-14)12-27-21(29)16-3-1-2-4-18(16)25-26-27/h1-4,9-11,13-14H,5-8,12H2,(H,24,28). The van der Waals surface area contributed by atoms with E-state index in [1.54, 1.807) is 18.2 Å². The van der Waals surface area contributed by atoms with E-state index in [0.717, 1.165) is 25.0 Å². The molecule has 0 radical (unpaired) electrons. The van der Waals surface area contributed by atoms with Gasteiger partial charge < -0.3 is 5.32 Å². The van der Waals surface area contributed by atoms with Crippen molar-refractivity contribution in [1.29, 1.82) is 0 Å². The minimum atomic E-state index is -0.790. The van der Waals surface area contributed by atoms with Crippen molar-refractivity contribution in [3.8, 4) is 0 Å². The number of nitrogens with one attached hydrogen (secondary N) is 1. The first-order chi connectivity index (χ1) is 14.0. The van der Waals surface area contributed by atoms with Crippen LogP contribution in [-0.2, 0) is 11.3 Å². The molecule has 0 atom stereocenters. The van der Waals surface area contributed by atoms with Crippen molar-refractivity contribution in [3.05, 3.63) is 64.5 Å². The van der Waals surface area contributed by atoms with Crippen LogP contribution < -0.4 is 10.9 Å². The average Bonchev–Trinajstić information content (AvgIpc) is 2.73. The van der Waals surface area contributed by atoms with Crippen LogP contribution in [0.25, 0.3) is 10.9 Å². The van der Waals surface area contributed by atoms with Gasteiger partial charge in [0.2, 0.25) is 5.91 Å². The lowest BCUT2D eigenvalue weighted by atomic mass is 9.81. The summed E-state index contributed by atoms with van der Waals surface area (Å²) in [5, 5.41) is 11.2. The van der Waals surface area contributed by atoms with Crippen LogP contribution in [0.2, 0.25) is 0 Å². The van der Waals surface area contributed by atoms with Gasteiger partial charge in [0.1, 0.15) is 17.2 Å². The van der Waals surface area contributed by atoms with Gasteiger partial charge in [0, 0.05) is 18.5 Å². The van der Waals surface area contributed by atoms with Crippen molar-refractivity contribution in [3.63, 3.8) is 0 Å². The Kier molecular flexibility index (Phi) is 5.33. The molecule has 0 spiro atoms. The molecular formula is C21H20F2N4O2. The number of hydrogen-bond acceptors (Lipinski definition) is 4. The van der Waals surface area contributed by atoms with Crippen LogP contribution in [0.5, 0.6) is 0 Å². The number of carbonyl (C=O) groups is 1. The zero-order valence-corrected chi connectivity index (χ0v) is 15.6. The SMILES string of the molecule is O=C(Nc1ccc(F)cc1F)C1CCC(Cn2nnc3ccccc3c2=O)CC1. The summed E-state index contributed by atoms with van der Waals surface area (Å²) >= 11 is 0. The minimum Gasteiger partial charge on any atom is -0.323 e. The van der Waals surface area contributed by atoms with Gasteiger partial charge in [-0.25, -0.2) is 13.5 Å². The maximum absolute atomic E-state index is 13.7. The van der Waals surface area contributed by atoms with Crippen molar-refractivity contribution < 1.29 is 13.6 Å². The fraction of sp³-hybridized carbons (Fsp3) is 0.333. The Morgan fingerprint density at radius 2 is 1.86 bits per heavy atom. The highest BCUT2D eigenvalue weighted by molar-refractivity contribution is 5.92. The summed E-state index contributed by atoms with van der Waals surface area (Å²) in [7, 11) is 0. The number of aromatic nitrogens is 3. The molecule has 8 heteroatoms. The number of anilines is 1. The molecule has 1 aliphatic carbocycles. The molecule has 0 unspecified atom stereocenters. The van der Waals surface area contributed by atoms with E-state index in [1.807, 2.05) is 6.07 Å². The topological polar surface area (TPSA) is 76.9 Å². The van der Waals surface area contributed by atoms with Gasteiger partial charge in [0.15, 0.2) is 0 Å². The van der Waals surface area contributed by atoms with Crippen LogP contribution in [0, 0.1) is 23.5 Å². The number of benzene rings is 2. The largest absolute Gasteiger partial charge is 0.323 e. The second-order valence-electron chi connectivity index (χ2n) is 7.42. The summed E-state index contributed by atoms with van der Waals surface area (Å²) in [5.41, 5.74) is 0.390. The third kappa shape index (κ3) is 4.16. The Balaban J connectivity index is 1.36. The third-order valence-corrected chi connectivity index (χ3v) is 5.47. The predicted octanol–water partition coefficient (Wildman–Crippen LogP) is 3.51. The molecule has 3 aromatic rings. The number of rotatable bonds is 4. The van der Waals surface area contributed by atoms with Crippen LogP contribution in [0.3, 0.4) is 0 Å². The van der Waals surface area contributed by atoms with Gasteiger partial charge in [-0.3, -0.25) is 9.59 Å². The molecule has 0 saturated heterocycles. The lowest BCUT2D eigenvalue weighted by Crippen LogP contribution is -2.32. The van der Waals surface area contributed by atoms with Crippen LogP contribution in [0.4, 0.5) is 14.5 Å². The molecule has 1 heterocycles. The molecule has 1 aromatic heterocycles. The number of halogens is 2. The number of nitrogens with zero attached hydrogens (tertiary/aromatic N) is 3. The fourth-order valence-corrected chi connectivity index (χ4v) is 3.82. The van der Waals surface area contributed by atoms with Crippen LogP contribution in [0.1, 0.15) is 25.7 Å². The van der Waals surface area contributed by atoms with E-state index >= 15 is 0 Å². The van der Waals surface area contributed by atoms with Gasteiger partial charge >= 0.3 is 0 Å². The van der Waals surface area contributed by atoms with E-state index in [0.29, 0.717) is 30.3 Å². The fourth-order valence-electron chi connectivity index (χ4n) is 3.82. The molecule has 1 aliphatic rings. The van der Waals surface area contributed by atoms with Crippen molar-refractivity contribution in [2.75, 3.05) is 5.32 Å². The Morgan fingerprint density at radius 3 is 2.62 bits per heavy atom. The van der Waals surface area contributed by atoms with Gasteiger partial charge in [-0.1, -0.05) is 17.3 Å².